The predicted octanol–water partition coefficient (Wildman–Crippen LogP) is 4.89. The molecule has 0 saturated carbocycles. The fraction of sp³-hybridized carbons (Fsp3) is 0.391. The number of para-hydroxylation sites is 1. The van der Waals surface area contributed by atoms with Gasteiger partial charge in [0.1, 0.15) is 18.2 Å². The van der Waals surface area contributed by atoms with Crippen LogP contribution in [-0.4, -0.2) is 46.4 Å². The van der Waals surface area contributed by atoms with Crippen molar-refractivity contribution in [1.82, 2.24) is 13.1 Å². The van der Waals surface area contributed by atoms with Crippen molar-refractivity contribution >= 4 is 45.5 Å². The molecule has 7 heteroatoms. The van der Waals surface area contributed by atoms with Crippen molar-refractivity contribution in [2.75, 3.05) is 43.5 Å². The highest BCUT2D eigenvalue weighted by molar-refractivity contribution is 14.1. The van der Waals surface area contributed by atoms with E-state index in [2.05, 4.69) is 67.5 Å². The summed E-state index contributed by atoms with van der Waals surface area (Å²) in [5, 5.41) is 4.52. The smallest absolute Gasteiger partial charge is 0.227 e. The Balaban J connectivity index is 1.42. The fourth-order valence-electron chi connectivity index (χ4n) is 3.76. The molecule has 0 atom stereocenters. The van der Waals surface area contributed by atoms with Gasteiger partial charge in [0.2, 0.25) is 5.95 Å². The lowest BCUT2D eigenvalue weighted by molar-refractivity contribution is 0.332. The SMILES string of the molecule is CN(I)Cc1cccc(OCCNc2nc(N3CCCCC3)nc3ccccc23)c1. The van der Waals surface area contributed by atoms with Gasteiger partial charge in [-0.2, -0.15) is 4.98 Å². The van der Waals surface area contributed by atoms with E-state index in [1.54, 1.807) is 0 Å². The summed E-state index contributed by atoms with van der Waals surface area (Å²) in [6.45, 7) is 4.20. The van der Waals surface area contributed by atoms with Gasteiger partial charge in [-0.15, -0.1) is 0 Å². The van der Waals surface area contributed by atoms with Crippen LogP contribution in [0.15, 0.2) is 48.5 Å². The van der Waals surface area contributed by atoms with Crippen molar-refractivity contribution in [3.63, 3.8) is 0 Å². The van der Waals surface area contributed by atoms with Gasteiger partial charge >= 0.3 is 0 Å². The minimum absolute atomic E-state index is 0.570. The number of halogens is 1. The number of benzene rings is 2. The van der Waals surface area contributed by atoms with Crippen LogP contribution in [0.25, 0.3) is 10.9 Å². The first kappa shape index (κ1) is 21.1. The maximum Gasteiger partial charge on any atom is 0.227 e. The Labute approximate surface area is 192 Å². The highest BCUT2D eigenvalue weighted by Gasteiger charge is 2.16. The fourth-order valence-corrected chi connectivity index (χ4v) is 4.15. The van der Waals surface area contributed by atoms with Gasteiger partial charge in [0.25, 0.3) is 0 Å². The third-order valence-electron chi connectivity index (χ3n) is 5.19. The molecule has 1 N–H and O–H groups in total. The Morgan fingerprint density at radius 1 is 1.07 bits per heavy atom. The molecule has 2 heterocycles. The number of hydrogen-bond acceptors (Lipinski definition) is 6. The third-order valence-corrected chi connectivity index (χ3v) is 5.53. The number of aromatic nitrogens is 2. The monoisotopic (exact) mass is 517 g/mol. The quantitative estimate of drug-likeness (QED) is 0.261. The van der Waals surface area contributed by atoms with Crippen molar-refractivity contribution in [2.45, 2.75) is 25.8 Å². The predicted molar refractivity (Wildman–Crippen MR) is 132 cm³/mol. The molecule has 4 rings (SSSR count). The molecule has 1 aliphatic rings. The summed E-state index contributed by atoms with van der Waals surface area (Å²) in [6.07, 6.45) is 3.71. The average molecular weight is 517 g/mol. The summed E-state index contributed by atoms with van der Waals surface area (Å²) < 4.78 is 8.09. The second kappa shape index (κ2) is 10.3. The summed E-state index contributed by atoms with van der Waals surface area (Å²) in [5.41, 5.74) is 2.22. The zero-order valence-corrected chi connectivity index (χ0v) is 19.5. The third kappa shape index (κ3) is 5.51. The molecule has 30 heavy (non-hydrogen) atoms. The molecular formula is C23H28IN5O. The molecule has 0 bridgehead atoms. The Bertz CT molecular complexity index is 975. The van der Waals surface area contributed by atoms with Crippen LogP contribution < -0.4 is 15.0 Å². The van der Waals surface area contributed by atoms with Crippen LogP contribution in [-0.2, 0) is 6.54 Å². The molecule has 0 spiro atoms. The maximum absolute atomic E-state index is 5.97. The first-order valence-electron chi connectivity index (χ1n) is 10.5. The van der Waals surface area contributed by atoms with Crippen molar-refractivity contribution < 1.29 is 4.74 Å². The molecule has 0 radical (unpaired) electrons. The summed E-state index contributed by atoms with van der Waals surface area (Å²) in [7, 11) is 2.06. The van der Waals surface area contributed by atoms with Gasteiger partial charge in [0, 0.05) is 47.9 Å². The Hall–Kier alpha value is -2.13. The molecule has 1 aliphatic heterocycles. The Kier molecular flexibility index (Phi) is 7.22. The van der Waals surface area contributed by atoms with E-state index in [0.717, 1.165) is 48.1 Å². The minimum Gasteiger partial charge on any atom is -0.492 e. The van der Waals surface area contributed by atoms with Crippen LogP contribution in [0.1, 0.15) is 24.8 Å². The van der Waals surface area contributed by atoms with E-state index in [-0.39, 0.29) is 0 Å². The number of fused-ring (bicyclic) bond motifs is 1. The lowest BCUT2D eigenvalue weighted by atomic mass is 10.1. The number of hydrogen-bond donors (Lipinski definition) is 1. The van der Waals surface area contributed by atoms with E-state index in [9.17, 15) is 0 Å². The zero-order chi connectivity index (χ0) is 20.8. The highest BCUT2D eigenvalue weighted by Crippen LogP contribution is 2.25. The number of anilines is 2. The summed E-state index contributed by atoms with van der Waals surface area (Å²) >= 11 is 2.29. The van der Waals surface area contributed by atoms with Crippen LogP contribution in [0.2, 0.25) is 0 Å². The molecular weight excluding hydrogens is 489 g/mol. The van der Waals surface area contributed by atoms with Crippen molar-refractivity contribution in [2.24, 2.45) is 0 Å². The van der Waals surface area contributed by atoms with Gasteiger partial charge in [0.15, 0.2) is 0 Å². The number of piperidine rings is 1. The average Bonchev–Trinajstić information content (AvgIpc) is 2.77. The molecule has 0 unspecified atom stereocenters. The van der Waals surface area contributed by atoms with Gasteiger partial charge in [-0.3, -0.25) is 0 Å². The van der Waals surface area contributed by atoms with Crippen LogP contribution in [0, 0.1) is 0 Å². The maximum atomic E-state index is 5.97. The first-order chi connectivity index (χ1) is 14.7. The van der Waals surface area contributed by atoms with Gasteiger partial charge in [0.05, 0.1) is 12.1 Å². The Morgan fingerprint density at radius 2 is 1.90 bits per heavy atom. The second-order valence-electron chi connectivity index (χ2n) is 7.62. The summed E-state index contributed by atoms with van der Waals surface area (Å²) in [5.74, 6) is 2.60. The molecule has 0 aliphatic carbocycles. The number of nitrogens with zero attached hydrogens (tertiary/aromatic N) is 4. The molecule has 1 fully saturated rings. The van der Waals surface area contributed by atoms with E-state index in [1.807, 2.05) is 24.3 Å². The van der Waals surface area contributed by atoms with Crippen molar-refractivity contribution in [3.8, 4) is 5.75 Å². The Morgan fingerprint density at radius 3 is 2.73 bits per heavy atom. The number of rotatable bonds is 8. The van der Waals surface area contributed by atoms with Gasteiger partial charge < -0.3 is 15.0 Å². The van der Waals surface area contributed by atoms with E-state index in [4.69, 9.17) is 14.7 Å². The van der Waals surface area contributed by atoms with E-state index in [1.165, 1.54) is 24.8 Å². The molecule has 0 amide bonds. The van der Waals surface area contributed by atoms with Crippen LogP contribution in [0.3, 0.4) is 0 Å². The normalized spacial score (nSPS) is 14.3. The van der Waals surface area contributed by atoms with Crippen LogP contribution >= 0.6 is 22.9 Å². The minimum atomic E-state index is 0.570. The number of ether oxygens (including phenoxy) is 1. The topological polar surface area (TPSA) is 53.5 Å². The summed E-state index contributed by atoms with van der Waals surface area (Å²) in [6, 6.07) is 16.5. The second-order valence-corrected chi connectivity index (χ2v) is 9.27. The van der Waals surface area contributed by atoms with E-state index < -0.39 is 0 Å². The first-order valence-corrected chi connectivity index (χ1v) is 11.5. The molecule has 1 saturated heterocycles. The van der Waals surface area contributed by atoms with Crippen molar-refractivity contribution in [3.05, 3.63) is 54.1 Å². The number of nitrogens with one attached hydrogen (secondary N) is 1. The molecule has 158 valence electrons. The molecule has 1 aromatic heterocycles. The standard InChI is InChI=1S/C23H28IN5O/c1-28(24)17-18-8-7-9-19(16-18)30-15-12-25-22-20-10-3-4-11-21(20)26-23(27-22)29-13-5-2-6-14-29/h3-4,7-11,16H,2,5-6,12-15,17H2,1H3,(H,25,26,27). The molecule has 3 aromatic rings. The summed E-state index contributed by atoms with van der Waals surface area (Å²) in [4.78, 5) is 12.0. The van der Waals surface area contributed by atoms with E-state index in [0.29, 0.717) is 13.2 Å². The largest absolute Gasteiger partial charge is 0.492 e. The van der Waals surface area contributed by atoms with Crippen LogP contribution in [0.4, 0.5) is 11.8 Å². The lowest BCUT2D eigenvalue weighted by Gasteiger charge is -2.27. The lowest BCUT2D eigenvalue weighted by Crippen LogP contribution is -2.31. The van der Waals surface area contributed by atoms with Crippen molar-refractivity contribution in [1.29, 1.82) is 0 Å². The molecule has 6 nitrogen and oxygen atoms in total. The van der Waals surface area contributed by atoms with Gasteiger partial charge in [-0.25, -0.2) is 8.10 Å². The zero-order valence-electron chi connectivity index (χ0n) is 17.4. The van der Waals surface area contributed by atoms with E-state index >= 15 is 0 Å². The van der Waals surface area contributed by atoms with Gasteiger partial charge in [-0.05, 0) is 56.1 Å². The van der Waals surface area contributed by atoms with Gasteiger partial charge in [-0.1, -0.05) is 24.3 Å². The highest BCUT2D eigenvalue weighted by atomic mass is 127. The molecule has 2 aromatic carbocycles. The van der Waals surface area contributed by atoms with Crippen LogP contribution in [0.5, 0.6) is 5.75 Å².